The summed E-state index contributed by atoms with van der Waals surface area (Å²) in [6.45, 7) is 0.582. The first kappa shape index (κ1) is 18.5. The minimum Gasteiger partial charge on any atom is -0.396 e. The van der Waals surface area contributed by atoms with Gasteiger partial charge in [0.2, 0.25) is 10.0 Å². The van der Waals surface area contributed by atoms with Crippen LogP contribution in [0.15, 0.2) is 39.5 Å². The molecule has 0 aliphatic rings. The summed E-state index contributed by atoms with van der Waals surface area (Å²) in [5.41, 5.74) is 0.594. The second-order valence-corrected chi connectivity index (χ2v) is 6.83. The first-order valence-corrected chi connectivity index (χ1v) is 8.73. The van der Waals surface area contributed by atoms with Crippen molar-refractivity contribution in [1.82, 2.24) is 9.73 Å². The van der Waals surface area contributed by atoms with Gasteiger partial charge < -0.3 is 5.11 Å². The SMILES string of the molecule is CN(C)N=Nc1ccc(S(=O)(=O)NCCCCCCO)cc1. The molecule has 0 aliphatic heterocycles. The van der Waals surface area contributed by atoms with E-state index in [4.69, 9.17) is 5.11 Å². The van der Waals surface area contributed by atoms with Crippen molar-refractivity contribution in [1.29, 1.82) is 0 Å². The van der Waals surface area contributed by atoms with Crippen LogP contribution in [0.4, 0.5) is 5.69 Å². The minimum atomic E-state index is -3.48. The van der Waals surface area contributed by atoms with Crippen LogP contribution in [0.25, 0.3) is 0 Å². The van der Waals surface area contributed by atoms with Crippen molar-refractivity contribution < 1.29 is 13.5 Å². The molecule has 1 aromatic carbocycles. The predicted octanol–water partition coefficient (Wildman–Crippen LogP) is 2.08. The van der Waals surface area contributed by atoms with Crippen LogP contribution in [0, 0.1) is 0 Å². The average molecular weight is 328 g/mol. The molecule has 0 spiro atoms. The van der Waals surface area contributed by atoms with Crippen molar-refractivity contribution in [2.45, 2.75) is 30.6 Å². The van der Waals surface area contributed by atoms with Crippen LogP contribution in [0.1, 0.15) is 25.7 Å². The topological polar surface area (TPSA) is 94.4 Å². The third-order valence-corrected chi connectivity index (χ3v) is 4.34. The van der Waals surface area contributed by atoms with E-state index in [1.54, 1.807) is 31.2 Å². The molecule has 124 valence electrons. The molecule has 0 fully saturated rings. The van der Waals surface area contributed by atoms with Crippen molar-refractivity contribution >= 4 is 15.7 Å². The molecule has 7 nitrogen and oxygen atoms in total. The maximum Gasteiger partial charge on any atom is 0.240 e. The van der Waals surface area contributed by atoms with Gasteiger partial charge in [0.25, 0.3) is 0 Å². The first-order valence-electron chi connectivity index (χ1n) is 7.25. The summed E-state index contributed by atoms with van der Waals surface area (Å²) >= 11 is 0. The Bertz CT molecular complexity index is 556. The molecule has 0 saturated heterocycles. The number of unbranched alkanes of at least 4 members (excludes halogenated alkanes) is 3. The van der Waals surface area contributed by atoms with Crippen LogP contribution in [0.3, 0.4) is 0 Å². The number of aliphatic hydroxyl groups excluding tert-OH is 1. The number of hydrogen-bond acceptors (Lipinski definition) is 5. The molecule has 0 atom stereocenters. The van der Waals surface area contributed by atoms with E-state index in [1.165, 1.54) is 12.1 Å². The van der Waals surface area contributed by atoms with E-state index in [-0.39, 0.29) is 11.5 Å². The number of rotatable bonds is 10. The Morgan fingerprint density at radius 1 is 1.09 bits per heavy atom. The fourth-order valence-electron chi connectivity index (χ4n) is 1.71. The van der Waals surface area contributed by atoms with E-state index in [1.807, 2.05) is 0 Å². The lowest BCUT2D eigenvalue weighted by Crippen LogP contribution is -2.24. The molecule has 0 aliphatic carbocycles. The van der Waals surface area contributed by atoms with Crippen molar-refractivity contribution in [3.8, 4) is 0 Å². The summed E-state index contributed by atoms with van der Waals surface area (Å²) in [6, 6.07) is 6.25. The number of hydrogen-bond donors (Lipinski definition) is 2. The zero-order valence-corrected chi connectivity index (χ0v) is 13.9. The van der Waals surface area contributed by atoms with Crippen LogP contribution in [0.5, 0.6) is 0 Å². The highest BCUT2D eigenvalue weighted by Gasteiger charge is 2.12. The third-order valence-electron chi connectivity index (χ3n) is 2.86. The number of aliphatic hydroxyl groups is 1. The second-order valence-electron chi connectivity index (χ2n) is 5.07. The van der Waals surface area contributed by atoms with Crippen molar-refractivity contribution in [3.63, 3.8) is 0 Å². The largest absolute Gasteiger partial charge is 0.396 e. The maximum absolute atomic E-state index is 12.1. The summed E-state index contributed by atoms with van der Waals surface area (Å²) in [5.74, 6) is 0. The van der Waals surface area contributed by atoms with Crippen molar-refractivity contribution in [2.24, 2.45) is 10.3 Å². The van der Waals surface area contributed by atoms with Gasteiger partial charge in [-0.3, -0.25) is 5.01 Å². The van der Waals surface area contributed by atoms with Crippen LogP contribution in [-0.4, -0.2) is 45.8 Å². The molecule has 1 aromatic rings. The lowest BCUT2D eigenvalue weighted by molar-refractivity contribution is 0.282. The fraction of sp³-hybridized carbons (Fsp3) is 0.571. The lowest BCUT2D eigenvalue weighted by atomic mass is 10.2. The molecule has 0 radical (unpaired) electrons. The Kier molecular flexibility index (Phi) is 8.00. The van der Waals surface area contributed by atoms with E-state index < -0.39 is 10.0 Å². The maximum atomic E-state index is 12.1. The van der Waals surface area contributed by atoms with Crippen LogP contribution >= 0.6 is 0 Å². The molecule has 8 heteroatoms. The van der Waals surface area contributed by atoms with E-state index in [0.717, 1.165) is 25.7 Å². The molecule has 0 aromatic heterocycles. The van der Waals surface area contributed by atoms with Crippen LogP contribution < -0.4 is 4.72 Å². The van der Waals surface area contributed by atoms with Gasteiger partial charge >= 0.3 is 0 Å². The van der Waals surface area contributed by atoms with Crippen molar-refractivity contribution in [3.05, 3.63) is 24.3 Å². The quantitative estimate of drug-likeness (QED) is 0.390. The summed E-state index contributed by atoms with van der Waals surface area (Å²) in [4.78, 5) is 0.215. The summed E-state index contributed by atoms with van der Waals surface area (Å²) in [6.07, 6.45) is 3.32. The number of nitrogens with one attached hydrogen (secondary N) is 1. The monoisotopic (exact) mass is 328 g/mol. The molecule has 0 heterocycles. The number of sulfonamides is 1. The molecule has 0 bridgehead atoms. The first-order chi connectivity index (χ1) is 10.5. The Morgan fingerprint density at radius 2 is 1.73 bits per heavy atom. The molecular formula is C14H24N4O3S. The standard InChI is InChI=1S/C14H24N4O3S/c1-18(2)17-16-13-7-9-14(10-8-13)22(20,21)15-11-5-3-4-6-12-19/h7-10,15,19H,3-6,11-12H2,1-2H3. The molecule has 22 heavy (non-hydrogen) atoms. The Labute approximate surface area is 132 Å². The number of benzene rings is 1. The Morgan fingerprint density at radius 3 is 2.32 bits per heavy atom. The van der Waals surface area contributed by atoms with E-state index in [0.29, 0.717) is 12.2 Å². The lowest BCUT2D eigenvalue weighted by Gasteiger charge is -2.07. The summed E-state index contributed by atoms with van der Waals surface area (Å²) in [5, 5.41) is 18.0. The molecular weight excluding hydrogens is 304 g/mol. The van der Waals surface area contributed by atoms with Gasteiger partial charge in [-0.2, -0.15) is 0 Å². The molecule has 1 rings (SSSR count). The number of nitrogens with zero attached hydrogens (tertiary/aromatic N) is 3. The highest BCUT2D eigenvalue weighted by atomic mass is 32.2. The highest BCUT2D eigenvalue weighted by molar-refractivity contribution is 7.89. The highest BCUT2D eigenvalue weighted by Crippen LogP contribution is 2.17. The van der Waals surface area contributed by atoms with Crippen LogP contribution in [-0.2, 0) is 10.0 Å². The average Bonchev–Trinajstić information content (AvgIpc) is 2.49. The smallest absolute Gasteiger partial charge is 0.240 e. The van der Waals surface area contributed by atoms with E-state index >= 15 is 0 Å². The molecule has 2 N–H and O–H groups in total. The zero-order chi connectivity index (χ0) is 16.4. The predicted molar refractivity (Wildman–Crippen MR) is 85.4 cm³/mol. The van der Waals surface area contributed by atoms with E-state index in [9.17, 15) is 8.42 Å². The normalized spacial score (nSPS) is 12.0. The molecule has 0 amide bonds. The van der Waals surface area contributed by atoms with Gasteiger partial charge in [0, 0.05) is 27.2 Å². The summed E-state index contributed by atoms with van der Waals surface area (Å²) < 4.78 is 26.7. The zero-order valence-electron chi connectivity index (χ0n) is 13.1. The van der Waals surface area contributed by atoms with Gasteiger partial charge in [-0.25, -0.2) is 13.1 Å². The van der Waals surface area contributed by atoms with Gasteiger partial charge in [0.1, 0.15) is 0 Å². The third kappa shape index (κ3) is 6.97. The van der Waals surface area contributed by atoms with Gasteiger partial charge in [0.05, 0.1) is 10.6 Å². The van der Waals surface area contributed by atoms with Gasteiger partial charge in [0.15, 0.2) is 0 Å². The minimum absolute atomic E-state index is 0.184. The Hall–Kier alpha value is -1.51. The van der Waals surface area contributed by atoms with Gasteiger partial charge in [-0.1, -0.05) is 18.1 Å². The summed E-state index contributed by atoms with van der Waals surface area (Å²) in [7, 11) is 0.0304. The Balaban J connectivity index is 2.51. The second kappa shape index (κ2) is 9.50. The molecule has 0 saturated carbocycles. The van der Waals surface area contributed by atoms with E-state index in [2.05, 4.69) is 15.1 Å². The van der Waals surface area contributed by atoms with Crippen LogP contribution in [0.2, 0.25) is 0 Å². The van der Waals surface area contributed by atoms with Gasteiger partial charge in [-0.15, -0.1) is 5.11 Å². The molecule has 0 unspecified atom stereocenters. The fourth-order valence-corrected chi connectivity index (χ4v) is 2.79. The van der Waals surface area contributed by atoms with Crippen molar-refractivity contribution in [2.75, 3.05) is 27.2 Å². The van der Waals surface area contributed by atoms with Gasteiger partial charge in [-0.05, 0) is 37.1 Å².